The number of benzene rings is 2. The summed E-state index contributed by atoms with van der Waals surface area (Å²) in [6, 6.07) is 14.0. The van der Waals surface area contributed by atoms with Crippen LogP contribution in [-0.2, 0) is 15.0 Å². The van der Waals surface area contributed by atoms with Crippen molar-refractivity contribution in [1.29, 1.82) is 0 Å². The van der Waals surface area contributed by atoms with Gasteiger partial charge in [-0.2, -0.15) is 5.10 Å². The molecule has 5 rings (SSSR count). The fourth-order valence-corrected chi connectivity index (χ4v) is 6.08. The molecule has 40 heavy (non-hydrogen) atoms. The van der Waals surface area contributed by atoms with Gasteiger partial charge in [-0.05, 0) is 50.8 Å². The minimum absolute atomic E-state index is 0.0885. The number of aryl methyl sites for hydroxylation is 1. The highest BCUT2D eigenvalue weighted by Gasteiger charge is 2.40. The molecular weight excluding hydrogens is 526 g/mol. The minimum Gasteiger partial charge on any atom is -0.454 e. The summed E-state index contributed by atoms with van der Waals surface area (Å²) in [4.78, 5) is 30.5. The van der Waals surface area contributed by atoms with Crippen LogP contribution in [0.5, 0.6) is 11.5 Å². The largest absolute Gasteiger partial charge is 0.454 e. The maximum Gasteiger partial charge on any atom is 0.240 e. The Hall–Kier alpha value is -3.50. The van der Waals surface area contributed by atoms with Crippen molar-refractivity contribution in [3.05, 3.63) is 64.8 Å². The van der Waals surface area contributed by atoms with Gasteiger partial charge in [-0.1, -0.05) is 44.5 Å². The van der Waals surface area contributed by atoms with Crippen molar-refractivity contribution in [1.82, 2.24) is 20.0 Å². The molecule has 2 aliphatic rings. The average Bonchev–Trinajstić information content (AvgIpc) is 3.49. The van der Waals surface area contributed by atoms with E-state index in [1.807, 2.05) is 73.1 Å². The Morgan fingerprint density at radius 2 is 1.85 bits per heavy atom. The van der Waals surface area contributed by atoms with Crippen LogP contribution in [0, 0.1) is 6.92 Å². The van der Waals surface area contributed by atoms with Crippen LogP contribution in [0.2, 0.25) is 0 Å². The first-order valence-corrected chi connectivity index (χ1v) is 14.5. The van der Waals surface area contributed by atoms with Gasteiger partial charge in [0.05, 0.1) is 22.4 Å². The van der Waals surface area contributed by atoms with Gasteiger partial charge in [0.15, 0.2) is 11.5 Å². The molecule has 2 amide bonds. The summed E-state index contributed by atoms with van der Waals surface area (Å²) in [7, 11) is 3.91. The number of nitrogens with zero attached hydrogens (tertiary/aromatic N) is 4. The van der Waals surface area contributed by atoms with Crippen molar-refractivity contribution in [3.8, 4) is 17.2 Å². The Morgan fingerprint density at radius 3 is 2.55 bits per heavy atom. The molecule has 1 N–H and O–H groups in total. The average molecular weight is 564 g/mol. The van der Waals surface area contributed by atoms with E-state index >= 15 is 0 Å². The maximum absolute atomic E-state index is 13.8. The molecule has 0 aliphatic carbocycles. The lowest BCUT2D eigenvalue weighted by Crippen LogP contribution is -2.43. The van der Waals surface area contributed by atoms with E-state index in [0.717, 1.165) is 28.1 Å². The Kier molecular flexibility index (Phi) is 7.83. The first-order valence-electron chi connectivity index (χ1n) is 13.5. The zero-order valence-corrected chi connectivity index (χ0v) is 24.8. The van der Waals surface area contributed by atoms with Gasteiger partial charge < -0.3 is 19.7 Å². The van der Waals surface area contributed by atoms with Crippen molar-refractivity contribution in [2.75, 3.05) is 51.2 Å². The number of aromatic nitrogens is 2. The molecule has 0 saturated heterocycles. The van der Waals surface area contributed by atoms with Gasteiger partial charge in [0.25, 0.3) is 0 Å². The number of thioether (sulfide) groups is 1. The quantitative estimate of drug-likeness (QED) is 0.464. The summed E-state index contributed by atoms with van der Waals surface area (Å²) in [6.45, 7) is 9.73. The second-order valence-corrected chi connectivity index (χ2v) is 12.6. The lowest BCUT2D eigenvalue weighted by atomic mass is 9.87. The smallest absolute Gasteiger partial charge is 0.240 e. The molecule has 0 radical (unpaired) electrons. The third kappa shape index (κ3) is 5.69. The molecule has 1 aromatic heterocycles. The number of carbonyl (C=O) groups is 2. The number of amides is 2. The molecule has 0 bridgehead atoms. The number of fused-ring (bicyclic) bond motifs is 2. The SMILES string of the molecule is Cc1ccc(-n2nc(C(C)(C)C)c3c2N(CC(=O)NCCN(C)C)C(=O)CS[C@@H]3c2ccc3c(c2)OCO3)cc1. The number of hydrogen-bond acceptors (Lipinski definition) is 7. The molecule has 0 unspecified atom stereocenters. The highest BCUT2D eigenvalue weighted by Crippen LogP contribution is 2.49. The number of anilines is 1. The predicted molar refractivity (Wildman–Crippen MR) is 158 cm³/mol. The van der Waals surface area contributed by atoms with Crippen LogP contribution in [0.1, 0.15) is 48.4 Å². The van der Waals surface area contributed by atoms with Crippen LogP contribution in [0.15, 0.2) is 42.5 Å². The molecule has 3 heterocycles. The zero-order chi connectivity index (χ0) is 28.6. The van der Waals surface area contributed by atoms with Crippen LogP contribution in [-0.4, -0.2) is 72.8 Å². The topological polar surface area (TPSA) is 88.9 Å². The van der Waals surface area contributed by atoms with Gasteiger partial charge in [0, 0.05) is 24.1 Å². The number of carbonyl (C=O) groups excluding carboxylic acids is 2. The summed E-state index contributed by atoms with van der Waals surface area (Å²) in [6.07, 6.45) is 0. The van der Waals surface area contributed by atoms with Crippen LogP contribution in [0.4, 0.5) is 5.82 Å². The van der Waals surface area contributed by atoms with E-state index in [1.165, 1.54) is 0 Å². The summed E-state index contributed by atoms with van der Waals surface area (Å²) < 4.78 is 13.1. The Balaban J connectivity index is 1.68. The molecule has 0 fully saturated rings. The van der Waals surface area contributed by atoms with E-state index in [1.54, 1.807) is 16.7 Å². The predicted octanol–water partition coefficient (Wildman–Crippen LogP) is 4.05. The molecule has 10 heteroatoms. The molecule has 3 aromatic rings. The normalized spacial score (nSPS) is 16.7. The monoisotopic (exact) mass is 563 g/mol. The molecule has 1 atom stereocenters. The van der Waals surface area contributed by atoms with Crippen molar-refractivity contribution in [3.63, 3.8) is 0 Å². The van der Waals surface area contributed by atoms with Gasteiger partial charge >= 0.3 is 0 Å². The van der Waals surface area contributed by atoms with Crippen molar-refractivity contribution in [2.45, 2.75) is 38.4 Å². The highest BCUT2D eigenvalue weighted by molar-refractivity contribution is 8.00. The fourth-order valence-electron chi connectivity index (χ4n) is 4.90. The summed E-state index contributed by atoms with van der Waals surface area (Å²) >= 11 is 1.55. The van der Waals surface area contributed by atoms with Crippen molar-refractivity contribution < 1.29 is 19.1 Å². The second kappa shape index (κ2) is 11.2. The van der Waals surface area contributed by atoms with E-state index in [9.17, 15) is 9.59 Å². The first kappa shape index (κ1) is 28.0. The molecule has 2 aromatic carbocycles. The van der Waals surface area contributed by atoms with E-state index in [2.05, 4.69) is 26.1 Å². The van der Waals surface area contributed by atoms with Crippen LogP contribution in [0.3, 0.4) is 0 Å². The van der Waals surface area contributed by atoms with E-state index in [0.29, 0.717) is 30.4 Å². The molecule has 9 nitrogen and oxygen atoms in total. The van der Waals surface area contributed by atoms with Crippen LogP contribution < -0.4 is 19.7 Å². The third-order valence-corrected chi connectivity index (χ3v) is 8.22. The van der Waals surface area contributed by atoms with Crippen LogP contribution in [0.25, 0.3) is 5.69 Å². The minimum atomic E-state index is -0.331. The van der Waals surface area contributed by atoms with Gasteiger partial charge in [-0.3, -0.25) is 14.5 Å². The highest BCUT2D eigenvalue weighted by atomic mass is 32.2. The number of likely N-dealkylation sites (N-methyl/N-ethyl adjacent to an activating group) is 1. The van der Waals surface area contributed by atoms with E-state index in [-0.39, 0.29) is 41.6 Å². The maximum atomic E-state index is 13.8. The van der Waals surface area contributed by atoms with Gasteiger partial charge in [0.1, 0.15) is 12.4 Å². The van der Waals surface area contributed by atoms with E-state index in [4.69, 9.17) is 14.6 Å². The Morgan fingerprint density at radius 1 is 1.12 bits per heavy atom. The fraction of sp³-hybridized carbons (Fsp3) is 0.433. The third-order valence-electron chi connectivity index (χ3n) is 6.96. The lowest BCUT2D eigenvalue weighted by molar-refractivity contribution is -0.122. The Labute approximate surface area is 239 Å². The first-order chi connectivity index (χ1) is 19.0. The zero-order valence-electron chi connectivity index (χ0n) is 24.0. The summed E-state index contributed by atoms with van der Waals surface area (Å²) in [5, 5.41) is 7.91. The second-order valence-electron chi connectivity index (χ2n) is 11.5. The molecule has 0 spiro atoms. The summed E-state index contributed by atoms with van der Waals surface area (Å²) in [5.74, 6) is 1.91. The Bertz CT molecular complexity index is 1410. The van der Waals surface area contributed by atoms with Gasteiger partial charge in [-0.25, -0.2) is 4.68 Å². The van der Waals surface area contributed by atoms with Crippen LogP contribution >= 0.6 is 11.8 Å². The standard InChI is InChI=1S/C30H37N5O4S/c1-19-7-10-21(11-8-19)35-29-26(28(32-35)30(2,3)4)27(20-9-12-22-23(15-20)39-18-38-22)40-17-25(37)34(29)16-24(36)31-13-14-33(5)6/h7-12,15,27H,13-14,16-18H2,1-6H3,(H,31,36)/t27-/m1/s1. The van der Waals surface area contributed by atoms with Gasteiger partial charge in [-0.15, -0.1) is 11.8 Å². The molecule has 2 aliphatic heterocycles. The van der Waals surface area contributed by atoms with E-state index < -0.39 is 0 Å². The lowest BCUT2D eigenvalue weighted by Gasteiger charge is -2.24. The number of hydrogen-bond donors (Lipinski definition) is 1. The summed E-state index contributed by atoms with van der Waals surface area (Å²) in [5.41, 5.74) is 4.44. The van der Waals surface area contributed by atoms with Crippen molar-refractivity contribution in [2.24, 2.45) is 0 Å². The molecular formula is C30H37N5O4S. The number of ether oxygens (including phenoxy) is 2. The molecule has 212 valence electrons. The van der Waals surface area contributed by atoms with Crippen molar-refractivity contribution >= 4 is 29.4 Å². The molecule has 0 saturated carbocycles. The number of nitrogens with one attached hydrogen (secondary N) is 1. The van der Waals surface area contributed by atoms with Gasteiger partial charge in [0.2, 0.25) is 18.6 Å². The number of rotatable bonds is 7.